The highest BCUT2D eigenvalue weighted by Crippen LogP contribution is 2.29. The number of aromatic amines is 4. The summed E-state index contributed by atoms with van der Waals surface area (Å²) in [6.07, 6.45) is 0. The predicted octanol–water partition coefficient (Wildman–Crippen LogP) is 7.73. The fourth-order valence-corrected chi connectivity index (χ4v) is 8.47. The molecule has 6 nitrogen and oxygen atoms in total. The molecule has 0 spiro atoms. The number of rotatable bonds is 8. The van der Waals surface area contributed by atoms with Crippen LogP contribution in [0.1, 0.15) is 56.2 Å². The number of hydrogen-bond acceptors (Lipinski definition) is 4. The maximum atomic E-state index is 9.32. The van der Waals surface area contributed by atoms with Gasteiger partial charge in [-0.1, -0.05) is 109 Å². The number of H-pyrrole nitrogens is 4. The quantitative estimate of drug-likeness (QED) is 0.119. The van der Waals surface area contributed by atoms with Crippen LogP contribution in [0.5, 0.6) is 0 Å². The summed E-state index contributed by atoms with van der Waals surface area (Å²) in [5, 5.41) is 27.0. The third-order valence-corrected chi connectivity index (χ3v) is 11.3. The summed E-state index contributed by atoms with van der Waals surface area (Å²) in [4.78, 5) is 15.4. The van der Waals surface area contributed by atoms with Gasteiger partial charge in [0, 0.05) is 78.0 Å². The first-order valence-electron chi connectivity index (χ1n) is 18.2. The van der Waals surface area contributed by atoms with Crippen molar-refractivity contribution in [2.75, 3.05) is 0 Å². The first-order chi connectivity index (χ1) is 27.7. The second kappa shape index (κ2) is 15.5. The molecule has 0 aliphatic carbocycles. The number of aromatic nitrogens is 4. The van der Waals surface area contributed by atoms with E-state index in [-0.39, 0.29) is 0 Å². The zero-order chi connectivity index (χ0) is 37.8. The summed E-state index contributed by atoms with van der Waals surface area (Å²) in [6, 6.07) is 55.2. The largest absolute Gasteiger partial charge is 0.354 e. The summed E-state index contributed by atoms with van der Waals surface area (Å²) in [5.74, 6) is 1.21. The van der Waals surface area contributed by atoms with Crippen molar-refractivity contribution in [3.8, 4) is 10.8 Å². The Bertz CT molecular complexity index is 2850. The standard InChI is InChI=1S/C48H34N6S2/c49-29-55-27-31-9-7-15-35(25-31)47-41-21-17-37(51-41)45(33-11-3-1-4-12-33)38-18-22-42(52-38)48(36-16-8-10-32(26-36)28-56-30-50)44-24-20-40(54-44)46(34-13-5-2-6-14-34)39-19-23-43(47)53-39/h1-26,51-54H,27-28H2. The highest BCUT2D eigenvalue weighted by molar-refractivity contribution is 8.03. The van der Waals surface area contributed by atoms with Crippen LogP contribution in [0.2, 0.25) is 0 Å². The fourth-order valence-electron chi connectivity index (χ4n) is 7.65. The van der Waals surface area contributed by atoms with E-state index in [1.54, 1.807) is 0 Å². The third-order valence-electron chi connectivity index (χ3n) is 10.1. The van der Waals surface area contributed by atoms with Crippen LogP contribution in [-0.4, -0.2) is 19.9 Å². The average Bonchev–Trinajstić information content (AvgIpc) is 4.09. The second-order valence-electron chi connectivity index (χ2n) is 13.5. The van der Waals surface area contributed by atoms with Crippen molar-refractivity contribution in [2.24, 2.45) is 0 Å². The summed E-state index contributed by atoms with van der Waals surface area (Å²) in [6.45, 7) is 0. The van der Waals surface area contributed by atoms with Crippen LogP contribution in [0, 0.1) is 21.3 Å². The Kier molecular flexibility index (Phi) is 9.65. The first-order valence-corrected chi connectivity index (χ1v) is 20.2. The Morgan fingerprint density at radius 3 is 1.05 bits per heavy atom. The Hall–Kier alpha value is -6.84. The lowest BCUT2D eigenvalue weighted by molar-refractivity contribution is 1.19. The smallest absolute Gasteiger partial charge is 0.133 e. The normalized spacial score (nSPS) is 12.4. The van der Waals surface area contributed by atoms with Crippen LogP contribution in [0.15, 0.2) is 158 Å². The molecule has 0 amide bonds. The van der Waals surface area contributed by atoms with Gasteiger partial charge in [-0.15, -0.1) is 0 Å². The SMILES string of the molecule is N#CSCc1cccc(C2=c3ccc([nH]3)=C(c3ccccc3)c3ccc([nH]3)C(c3cccc(CSC#N)c3)=c3ccc([nH]3)=C(c3ccccc3)c3ccc2[nH]3)c1. The minimum atomic E-state index is 0.605. The van der Waals surface area contributed by atoms with Gasteiger partial charge in [0.2, 0.25) is 0 Å². The van der Waals surface area contributed by atoms with Gasteiger partial charge in [-0.25, -0.2) is 0 Å². The van der Waals surface area contributed by atoms with Gasteiger partial charge in [0.05, 0.1) is 0 Å². The number of thioether (sulfide) groups is 2. The maximum absolute atomic E-state index is 9.32. The molecule has 5 heterocycles. The Morgan fingerprint density at radius 1 is 0.357 bits per heavy atom. The number of thiocyanates is 2. The molecule has 4 aromatic heterocycles. The topological polar surface area (TPSA) is 111 Å². The van der Waals surface area contributed by atoms with Crippen LogP contribution in [-0.2, 0) is 11.5 Å². The molecule has 268 valence electrons. The summed E-state index contributed by atoms with van der Waals surface area (Å²) >= 11 is 2.48. The molecule has 0 radical (unpaired) electrons. The minimum Gasteiger partial charge on any atom is -0.354 e. The highest BCUT2D eigenvalue weighted by atomic mass is 32.2. The molecule has 0 saturated carbocycles. The van der Waals surface area contributed by atoms with Gasteiger partial charge in [-0.05, 0) is 105 Å². The number of benzene rings is 4. The van der Waals surface area contributed by atoms with E-state index in [1.165, 1.54) is 23.5 Å². The highest BCUT2D eigenvalue weighted by Gasteiger charge is 2.18. The van der Waals surface area contributed by atoms with Crippen LogP contribution in [0.4, 0.5) is 0 Å². The van der Waals surface area contributed by atoms with E-state index in [1.807, 2.05) is 12.1 Å². The van der Waals surface area contributed by atoms with E-state index in [4.69, 9.17) is 0 Å². The zero-order valence-corrected chi connectivity index (χ0v) is 31.8. The Morgan fingerprint density at radius 2 is 0.696 bits per heavy atom. The molecule has 0 fully saturated rings. The zero-order valence-electron chi connectivity index (χ0n) is 30.1. The van der Waals surface area contributed by atoms with E-state index < -0.39 is 0 Å². The monoisotopic (exact) mass is 758 g/mol. The predicted molar refractivity (Wildman–Crippen MR) is 228 cm³/mol. The summed E-state index contributed by atoms with van der Waals surface area (Å²) in [5.41, 5.74) is 14.5. The summed E-state index contributed by atoms with van der Waals surface area (Å²) in [7, 11) is 0. The lowest BCUT2D eigenvalue weighted by Gasteiger charge is -2.11. The number of hydrogen-bond donors (Lipinski definition) is 4. The maximum Gasteiger partial charge on any atom is 0.133 e. The lowest BCUT2D eigenvalue weighted by atomic mass is 10.0. The van der Waals surface area contributed by atoms with Gasteiger partial charge in [-0.2, -0.15) is 10.5 Å². The molecule has 1 aliphatic rings. The van der Waals surface area contributed by atoms with Gasteiger partial charge < -0.3 is 19.9 Å². The molecule has 0 saturated heterocycles. The van der Waals surface area contributed by atoms with Crippen molar-refractivity contribution in [1.82, 2.24) is 19.9 Å². The summed E-state index contributed by atoms with van der Waals surface area (Å²) < 4.78 is 0. The average molecular weight is 759 g/mol. The van der Waals surface area contributed by atoms with Crippen molar-refractivity contribution in [3.05, 3.63) is 235 Å². The van der Waals surface area contributed by atoms with Crippen molar-refractivity contribution >= 4 is 45.8 Å². The number of fused-ring (bicyclic) bond motifs is 8. The van der Waals surface area contributed by atoms with E-state index >= 15 is 0 Å². The minimum absolute atomic E-state index is 0.605. The molecule has 8 heteroatoms. The molecule has 9 rings (SSSR count). The Balaban J connectivity index is 1.39. The number of nitrogens with zero attached hydrogens (tertiary/aromatic N) is 2. The second-order valence-corrected chi connectivity index (χ2v) is 15.1. The van der Waals surface area contributed by atoms with Crippen LogP contribution < -0.4 is 21.4 Å². The van der Waals surface area contributed by atoms with Crippen molar-refractivity contribution in [2.45, 2.75) is 11.5 Å². The number of nitriles is 2. The van der Waals surface area contributed by atoms with Gasteiger partial charge >= 0.3 is 0 Å². The molecule has 56 heavy (non-hydrogen) atoms. The molecule has 1 aliphatic heterocycles. The molecule has 8 aromatic rings. The van der Waals surface area contributed by atoms with Crippen LogP contribution >= 0.6 is 23.5 Å². The molecule has 0 unspecified atom stereocenters. The molecule has 4 aromatic carbocycles. The van der Waals surface area contributed by atoms with E-state index in [0.29, 0.717) is 11.5 Å². The van der Waals surface area contributed by atoms with Crippen LogP contribution in [0.25, 0.3) is 22.3 Å². The van der Waals surface area contributed by atoms with Gasteiger partial charge in [0.1, 0.15) is 10.8 Å². The van der Waals surface area contributed by atoms with Crippen molar-refractivity contribution < 1.29 is 0 Å². The molecule has 4 N–H and O–H groups in total. The van der Waals surface area contributed by atoms with E-state index in [0.717, 1.165) is 99.8 Å². The van der Waals surface area contributed by atoms with Crippen LogP contribution in [0.3, 0.4) is 0 Å². The molecule has 8 bridgehead atoms. The Labute approximate surface area is 332 Å². The fraction of sp³-hybridized carbons (Fsp3) is 0.0417. The molecular weight excluding hydrogens is 725 g/mol. The van der Waals surface area contributed by atoms with Crippen molar-refractivity contribution in [1.29, 1.82) is 10.5 Å². The molecule has 0 atom stereocenters. The van der Waals surface area contributed by atoms with E-state index in [2.05, 4.69) is 176 Å². The lowest BCUT2D eigenvalue weighted by Crippen LogP contribution is -2.19. The van der Waals surface area contributed by atoms with E-state index in [9.17, 15) is 10.5 Å². The van der Waals surface area contributed by atoms with Gasteiger partial charge in [0.15, 0.2) is 0 Å². The molecular formula is C48H34N6S2. The first kappa shape index (κ1) is 34.9. The van der Waals surface area contributed by atoms with Gasteiger partial charge in [-0.3, -0.25) is 0 Å². The van der Waals surface area contributed by atoms with Gasteiger partial charge in [0.25, 0.3) is 0 Å². The van der Waals surface area contributed by atoms with Crippen molar-refractivity contribution in [3.63, 3.8) is 0 Å². The number of nitrogens with one attached hydrogen (secondary N) is 4. The third kappa shape index (κ3) is 6.85.